The fourth-order valence-corrected chi connectivity index (χ4v) is 2.63. The summed E-state index contributed by atoms with van der Waals surface area (Å²) in [5.41, 5.74) is 2.40. The van der Waals surface area contributed by atoms with Crippen molar-refractivity contribution in [3.8, 4) is 0 Å². The van der Waals surface area contributed by atoms with Crippen molar-refractivity contribution in [2.45, 2.75) is 13.1 Å². The van der Waals surface area contributed by atoms with Crippen LogP contribution in [-0.4, -0.2) is 28.4 Å². The monoisotopic (exact) mass is 360 g/mol. The zero-order chi connectivity index (χ0) is 18.9. The van der Waals surface area contributed by atoms with E-state index in [4.69, 9.17) is 4.74 Å². The number of pyridine rings is 1. The van der Waals surface area contributed by atoms with Gasteiger partial charge in [0.2, 0.25) is 0 Å². The second-order valence-corrected chi connectivity index (χ2v) is 6.03. The summed E-state index contributed by atoms with van der Waals surface area (Å²) < 4.78 is 5.19. The molecule has 0 bridgehead atoms. The van der Waals surface area contributed by atoms with Crippen molar-refractivity contribution in [3.05, 3.63) is 102 Å². The van der Waals surface area contributed by atoms with Gasteiger partial charge >= 0.3 is 5.97 Å². The Kier molecular flexibility index (Phi) is 6.30. The first-order valence-corrected chi connectivity index (χ1v) is 8.65. The van der Waals surface area contributed by atoms with Crippen molar-refractivity contribution in [1.82, 2.24) is 9.88 Å². The number of hydrogen-bond acceptors (Lipinski definition) is 4. The number of carbonyl (C=O) groups is 2. The van der Waals surface area contributed by atoms with E-state index in [-0.39, 0.29) is 12.5 Å². The minimum atomic E-state index is -0.537. The van der Waals surface area contributed by atoms with E-state index in [1.54, 1.807) is 17.0 Å². The first kappa shape index (κ1) is 18.3. The number of rotatable bonds is 7. The van der Waals surface area contributed by atoms with E-state index < -0.39 is 5.97 Å². The van der Waals surface area contributed by atoms with E-state index in [1.165, 1.54) is 12.4 Å². The highest BCUT2D eigenvalue weighted by atomic mass is 16.5. The van der Waals surface area contributed by atoms with Crippen molar-refractivity contribution < 1.29 is 14.3 Å². The Hall–Kier alpha value is -3.47. The van der Waals surface area contributed by atoms with Gasteiger partial charge in [0.25, 0.3) is 5.91 Å². The lowest BCUT2D eigenvalue weighted by molar-refractivity contribution is -0.135. The molecule has 27 heavy (non-hydrogen) atoms. The van der Waals surface area contributed by atoms with Crippen molar-refractivity contribution >= 4 is 11.9 Å². The fraction of sp³-hybridized carbons (Fsp3) is 0.136. The SMILES string of the molecule is O=C(OCC(=O)N(Cc1ccccc1)Cc1ccccc1)c1ccncc1. The quantitative estimate of drug-likeness (QED) is 0.606. The lowest BCUT2D eigenvalue weighted by atomic mass is 10.1. The molecule has 2 aromatic carbocycles. The number of aromatic nitrogens is 1. The maximum absolute atomic E-state index is 12.7. The first-order valence-electron chi connectivity index (χ1n) is 8.65. The third kappa shape index (κ3) is 5.51. The van der Waals surface area contributed by atoms with E-state index >= 15 is 0 Å². The molecule has 5 heteroatoms. The average molecular weight is 360 g/mol. The van der Waals surface area contributed by atoms with Crippen molar-refractivity contribution in [2.24, 2.45) is 0 Å². The minimum Gasteiger partial charge on any atom is -0.452 e. The molecule has 0 saturated heterocycles. The van der Waals surface area contributed by atoms with Gasteiger partial charge in [0.15, 0.2) is 6.61 Å². The Balaban J connectivity index is 1.67. The maximum Gasteiger partial charge on any atom is 0.338 e. The molecule has 0 aliphatic rings. The normalized spacial score (nSPS) is 10.2. The molecule has 1 heterocycles. The molecule has 0 saturated carbocycles. The number of hydrogen-bond donors (Lipinski definition) is 0. The largest absolute Gasteiger partial charge is 0.452 e. The number of esters is 1. The lowest BCUT2D eigenvalue weighted by Gasteiger charge is -2.23. The fourth-order valence-electron chi connectivity index (χ4n) is 2.63. The molecule has 3 rings (SSSR count). The van der Waals surface area contributed by atoms with Crippen LogP contribution in [-0.2, 0) is 22.6 Å². The van der Waals surface area contributed by atoms with Crippen LogP contribution in [0.15, 0.2) is 85.2 Å². The molecule has 3 aromatic rings. The number of benzene rings is 2. The second kappa shape index (κ2) is 9.29. The third-order valence-corrected chi connectivity index (χ3v) is 4.03. The van der Waals surface area contributed by atoms with Crippen LogP contribution in [0, 0.1) is 0 Å². The van der Waals surface area contributed by atoms with Crippen LogP contribution in [0.5, 0.6) is 0 Å². The average Bonchev–Trinajstić information content (AvgIpc) is 2.73. The first-order chi connectivity index (χ1) is 13.2. The predicted octanol–water partition coefficient (Wildman–Crippen LogP) is 3.47. The van der Waals surface area contributed by atoms with Gasteiger partial charge < -0.3 is 9.64 Å². The van der Waals surface area contributed by atoms with Gasteiger partial charge in [0.05, 0.1) is 5.56 Å². The topological polar surface area (TPSA) is 59.5 Å². The molecule has 0 aliphatic carbocycles. The van der Waals surface area contributed by atoms with Crippen LogP contribution in [0.1, 0.15) is 21.5 Å². The highest BCUT2D eigenvalue weighted by Gasteiger charge is 2.17. The Bertz CT molecular complexity index is 826. The Morgan fingerprint density at radius 2 is 1.30 bits per heavy atom. The Morgan fingerprint density at radius 1 is 0.778 bits per heavy atom. The van der Waals surface area contributed by atoms with Crippen molar-refractivity contribution in [3.63, 3.8) is 0 Å². The predicted molar refractivity (Wildman–Crippen MR) is 102 cm³/mol. The molecule has 136 valence electrons. The summed E-state index contributed by atoms with van der Waals surface area (Å²) >= 11 is 0. The van der Waals surface area contributed by atoms with E-state index in [0.717, 1.165) is 11.1 Å². The Morgan fingerprint density at radius 3 is 1.81 bits per heavy atom. The van der Waals surface area contributed by atoms with Gasteiger partial charge in [-0.1, -0.05) is 60.7 Å². The van der Waals surface area contributed by atoms with Gasteiger partial charge in [-0.3, -0.25) is 9.78 Å². The number of ether oxygens (including phenoxy) is 1. The third-order valence-electron chi connectivity index (χ3n) is 4.03. The maximum atomic E-state index is 12.7. The van der Waals surface area contributed by atoms with Crippen LogP contribution in [0.3, 0.4) is 0 Å². The molecular weight excluding hydrogens is 340 g/mol. The second-order valence-electron chi connectivity index (χ2n) is 6.03. The zero-order valence-electron chi connectivity index (χ0n) is 14.8. The van der Waals surface area contributed by atoms with E-state index in [2.05, 4.69) is 4.98 Å². The van der Waals surface area contributed by atoms with Gasteiger partial charge in [0.1, 0.15) is 0 Å². The van der Waals surface area contributed by atoms with Crippen LogP contribution in [0.2, 0.25) is 0 Å². The molecule has 0 aliphatic heterocycles. The molecular formula is C22H20N2O3. The van der Waals surface area contributed by atoms with Crippen molar-refractivity contribution in [2.75, 3.05) is 6.61 Å². The highest BCUT2D eigenvalue weighted by Crippen LogP contribution is 2.11. The van der Waals surface area contributed by atoms with E-state index in [1.807, 2.05) is 60.7 Å². The molecule has 0 radical (unpaired) electrons. The molecule has 5 nitrogen and oxygen atoms in total. The summed E-state index contributed by atoms with van der Waals surface area (Å²) in [4.78, 5) is 30.3. The molecule has 0 spiro atoms. The standard InChI is InChI=1S/C22H20N2O3/c25-21(17-27-22(26)20-11-13-23-14-12-20)24(15-18-7-3-1-4-8-18)16-19-9-5-2-6-10-19/h1-14H,15-17H2. The van der Waals surface area contributed by atoms with Crippen molar-refractivity contribution in [1.29, 1.82) is 0 Å². The smallest absolute Gasteiger partial charge is 0.338 e. The summed E-state index contributed by atoms with van der Waals surface area (Å²) in [6.45, 7) is 0.587. The molecule has 0 fully saturated rings. The van der Waals surface area contributed by atoms with Gasteiger partial charge in [-0.15, -0.1) is 0 Å². The van der Waals surface area contributed by atoms with Gasteiger partial charge in [-0.05, 0) is 23.3 Å². The summed E-state index contributed by atoms with van der Waals surface area (Å²) in [5, 5.41) is 0. The van der Waals surface area contributed by atoms with Crippen LogP contribution in [0.25, 0.3) is 0 Å². The Labute approximate surface area is 158 Å². The molecule has 0 N–H and O–H groups in total. The molecule has 1 aromatic heterocycles. The number of carbonyl (C=O) groups excluding carboxylic acids is 2. The summed E-state index contributed by atoms with van der Waals surface area (Å²) in [6, 6.07) is 22.6. The zero-order valence-corrected chi connectivity index (χ0v) is 14.8. The summed E-state index contributed by atoms with van der Waals surface area (Å²) in [6.07, 6.45) is 3.02. The minimum absolute atomic E-state index is 0.245. The molecule has 0 atom stereocenters. The molecule has 1 amide bonds. The number of nitrogens with zero attached hydrogens (tertiary/aromatic N) is 2. The van der Waals surface area contributed by atoms with E-state index in [0.29, 0.717) is 18.7 Å². The van der Waals surface area contributed by atoms with Gasteiger partial charge in [-0.25, -0.2) is 4.79 Å². The van der Waals surface area contributed by atoms with Gasteiger partial charge in [0, 0.05) is 25.5 Å². The molecule has 0 unspecified atom stereocenters. The highest BCUT2D eigenvalue weighted by molar-refractivity contribution is 5.91. The van der Waals surface area contributed by atoms with Crippen LogP contribution in [0.4, 0.5) is 0 Å². The van der Waals surface area contributed by atoms with E-state index in [9.17, 15) is 9.59 Å². The lowest BCUT2D eigenvalue weighted by Crippen LogP contribution is -2.33. The summed E-state index contributed by atoms with van der Waals surface area (Å²) in [7, 11) is 0. The van der Waals surface area contributed by atoms with Crippen LogP contribution >= 0.6 is 0 Å². The summed E-state index contributed by atoms with van der Waals surface area (Å²) in [5.74, 6) is -0.782. The van der Waals surface area contributed by atoms with Crippen LogP contribution < -0.4 is 0 Å². The number of amides is 1. The van der Waals surface area contributed by atoms with Gasteiger partial charge in [-0.2, -0.15) is 0 Å².